The van der Waals surface area contributed by atoms with Gasteiger partial charge in [0, 0.05) is 17.6 Å². The molecule has 14 heavy (non-hydrogen) atoms. The molecule has 0 radical (unpaired) electrons. The van der Waals surface area contributed by atoms with Gasteiger partial charge in [-0.2, -0.15) is 0 Å². The maximum absolute atomic E-state index is 6.01. The Morgan fingerprint density at radius 3 is 3.00 bits per heavy atom. The van der Waals surface area contributed by atoms with Crippen LogP contribution in [0.3, 0.4) is 0 Å². The Balaban J connectivity index is 2.38. The molecule has 0 bridgehead atoms. The van der Waals surface area contributed by atoms with Gasteiger partial charge in [-0.1, -0.05) is 24.6 Å². The van der Waals surface area contributed by atoms with E-state index in [2.05, 4.69) is 30.9 Å². The van der Waals surface area contributed by atoms with E-state index >= 15 is 0 Å². The van der Waals surface area contributed by atoms with Crippen LogP contribution in [0.1, 0.15) is 31.0 Å². The molecule has 2 rings (SSSR count). The molecule has 0 fully saturated rings. The molecule has 1 aliphatic heterocycles. The van der Waals surface area contributed by atoms with Crippen molar-refractivity contribution in [3.63, 3.8) is 0 Å². The van der Waals surface area contributed by atoms with E-state index in [4.69, 9.17) is 11.6 Å². The zero-order valence-corrected chi connectivity index (χ0v) is 9.51. The lowest BCUT2D eigenvalue weighted by atomic mass is 9.94. The minimum absolute atomic E-state index is 0.516. The van der Waals surface area contributed by atoms with Crippen molar-refractivity contribution in [2.45, 2.75) is 26.3 Å². The highest BCUT2D eigenvalue weighted by molar-refractivity contribution is 6.30. The average Bonchev–Trinajstić information content (AvgIpc) is 2.20. The van der Waals surface area contributed by atoms with Gasteiger partial charge in [0.15, 0.2) is 0 Å². The number of hydrogen-bond donors (Lipinski definition) is 0. The zero-order chi connectivity index (χ0) is 10.1. The fraction of sp³-hybridized carbons (Fsp3) is 0.500. The van der Waals surface area contributed by atoms with Crippen LogP contribution in [0.2, 0.25) is 5.02 Å². The zero-order valence-electron chi connectivity index (χ0n) is 8.76. The third-order valence-corrected chi connectivity index (χ3v) is 3.42. The van der Waals surface area contributed by atoms with Gasteiger partial charge < -0.3 is 0 Å². The molecule has 0 saturated carbocycles. The van der Waals surface area contributed by atoms with Crippen molar-refractivity contribution in [1.29, 1.82) is 0 Å². The maximum atomic E-state index is 6.01. The van der Waals surface area contributed by atoms with E-state index in [1.807, 2.05) is 6.07 Å². The van der Waals surface area contributed by atoms with Gasteiger partial charge in [0.25, 0.3) is 0 Å². The lowest BCUT2D eigenvalue weighted by Gasteiger charge is -2.34. The van der Waals surface area contributed by atoms with E-state index < -0.39 is 0 Å². The second-order valence-electron chi connectivity index (χ2n) is 3.90. The number of fused-ring (bicyclic) bond motifs is 1. The lowest BCUT2D eigenvalue weighted by molar-refractivity contribution is 0.209. The number of hydrogen-bond acceptors (Lipinski definition) is 1. The second kappa shape index (κ2) is 3.92. The third kappa shape index (κ3) is 1.67. The van der Waals surface area contributed by atoms with E-state index in [1.54, 1.807) is 0 Å². The van der Waals surface area contributed by atoms with Crippen LogP contribution in [0, 0.1) is 0 Å². The molecular formula is C12H16ClN. The van der Waals surface area contributed by atoms with Crippen LogP contribution in [0.5, 0.6) is 0 Å². The van der Waals surface area contributed by atoms with Crippen LogP contribution in [-0.2, 0) is 6.42 Å². The molecule has 0 N–H and O–H groups in total. The van der Waals surface area contributed by atoms with E-state index in [0.29, 0.717) is 6.04 Å². The van der Waals surface area contributed by atoms with Crippen molar-refractivity contribution in [3.8, 4) is 0 Å². The van der Waals surface area contributed by atoms with Crippen molar-refractivity contribution in [2.75, 3.05) is 13.1 Å². The van der Waals surface area contributed by atoms with Gasteiger partial charge in [-0.25, -0.2) is 0 Å². The Hall–Kier alpha value is -0.530. The van der Waals surface area contributed by atoms with Crippen LogP contribution >= 0.6 is 11.6 Å². The predicted molar refractivity (Wildman–Crippen MR) is 60.8 cm³/mol. The van der Waals surface area contributed by atoms with Crippen molar-refractivity contribution >= 4 is 11.6 Å². The number of nitrogens with zero attached hydrogens (tertiary/aromatic N) is 1. The SMILES string of the molecule is CCN1CCc2ccc(Cl)cc2[C@@H]1C. The summed E-state index contributed by atoms with van der Waals surface area (Å²) in [7, 11) is 0. The molecule has 1 heterocycles. The molecule has 2 heteroatoms. The van der Waals surface area contributed by atoms with Crippen molar-refractivity contribution in [2.24, 2.45) is 0 Å². The molecule has 0 aliphatic carbocycles. The molecule has 1 atom stereocenters. The Bertz CT molecular complexity index is 335. The molecule has 0 saturated heterocycles. The second-order valence-corrected chi connectivity index (χ2v) is 4.33. The van der Waals surface area contributed by atoms with Gasteiger partial charge in [-0.05, 0) is 43.1 Å². The van der Waals surface area contributed by atoms with Crippen molar-refractivity contribution in [3.05, 3.63) is 34.3 Å². The van der Waals surface area contributed by atoms with Gasteiger partial charge in [0.05, 0.1) is 0 Å². The normalized spacial score (nSPS) is 22.1. The van der Waals surface area contributed by atoms with E-state index in [9.17, 15) is 0 Å². The summed E-state index contributed by atoms with van der Waals surface area (Å²) in [6.45, 7) is 6.77. The fourth-order valence-corrected chi connectivity index (χ4v) is 2.45. The van der Waals surface area contributed by atoms with E-state index in [0.717, 1.165) is 18.0 Å². The summed E-state index contributed by atoms with van der Waals surface area (Å²) in [5.74, 6) is 0. The van der Waals surface area contributed by atoms with Crippen LogP contribution in [-0.4, -0.2) is 18.0 Å². The molecule has 0 aromatic heterocycles. The monoisotopic (exact) mass is 209 g/mol. The Labute approximate surface area is 90.7 Å². The maximum Gasteiger partial charge on any atom is 0.0409 e. The summed E-state index contributed by atoms with van der Waals surface area (Å²) < 4.78 is 0. The van der Waals surface area contributed by atoms with Crippen molar-refractivity contribution in [1.82, 2.24) is 4.90 Å². The van der Waals surface area contributed by atoms with E-state index in [1.165, 1.54) is 17.7 Å². The molecule has 0 unspecified atom stereocenters. The Morgan fingerprint density at radius 2 is 2.29 bits per heavy atom. The minimum Gasteiger partial charge on any atom is -0.297 e. The van der Waals surface area contributed by atoms with Crippen LogP contribution in [0.15, 0.2) is 18.2 Å². The summed E-state index contributed by atoms with van der Waals surface area (Å²) in [5.41, 5.74) is 2.87. The highest BCUT2D eigenvalue weighted by atomic mass is 35.5. The fourth-order valence-electron chi connectivity index (χ4n) is 2.27. The molecule has 1 aromatic carbocycles. The molecule has 76 valence electrons. The molecule has 1 aliphatic rings. The average molecular weight is 210 g/mol. The van der Waals surface area contributed by atoms with Crippen molar-refractivity contribution < 1.29 is 0 Å². The smallest absolute Gasteiger partial charge is 0.0409 e. The standard InChI is InChI=1S/C12H16ClN/c1-3-14-7-6-10-4-5-11(13)8-12(10)9(14)2/h4-5,8-9H,3,6-7H2,1-2H3/t9-/m0/s1. The predicted octanol–water partition coefficient (Wildman–Crippen LogP) is 3.28. The Kier molecular flexibility index (Phi) is 2.80. The topological polar surface area (TPSA) is 3.24 Å². The van der Waals surface area contributed by atoms with Gasteiger partial charge in [-0.15, -0.1) is 0 Å². The first-order valence-corrected chi connectivity index (χ1v) is 5.62. The summed E-state index contributed by atoms with van der Waals surface area (Å²) in [5, 5.41) is 0.855. The number of halogens is 1. The van der Waals surface area contributed by atoms with Gasteiger partial charge in [0.2, 0.25) is 0 Å². The summed E-state index contributed by atoms with van der Waals surface area (Å²) in [6.07, 6.45) is 1.16. The molecular weight excluding hydrogens is 194 g/mol. The number of likely N-dealkylation sites (N-methyl/N-ethyl adjacent to an activating group) is 1. The first-order valence-electron chi connectivity index (χ1n) is 5.24. The number of benzene rings is 1. The minimum atomic E-state index is 0.516. The highest BCUT2D eigenvalue weighted by Gasteiger charge is 2.22. The molecule has 0 spiro atoms. The van der Waals surface area contributed by atoms with Crippen LogP contribution in [0.4, 0.5) is 0 Å². The lowest BCUT2D eigenvalue weighted by Crippen LogP contribution is -2.33. The van der Waals surface area contributed by atoms with Crippen LogP contribution < -0.4 is 0 Å². The van der Waals surface area contributed by atoms with Crippen LogP contribution in [0.25, 0.3) is 0 Å². The summed E-state index contributed by atoms with van der Waals surface area (Å²) in [6, 6.07) is 6.79. The Morgan fingerprint density at radius 1 is 1.50 bits per heavy atom. The summed E-state index contributed by atoms with van der Waals surface area (Å²) >= 11 is 6.01. The van der Waals surface area contributed by atoms with Gasteiger partial charge in [-0.3, -0.25) is 4.90 Å². The first kappa shape index (κ1) is 10.0. The highest BCUT2D eigenvalue weighted by Crippen LogP contribution is 2.30. The van der Waals surface area contributed by atoms with E-state index in [-0.39, 0.29) is 0 Å². The quantitative estimate of drug-likeness (QED) is 0.686. The third-order valence-electron chi connectivity index (χ3n) is 3.18. The van der Waals surface area contributed by atoms with Gasteiger partial charge in [0.1, 0.15) is 0 Å². The molecule has 1 aromatic rings. The number of rotatable bonds is 1. The summed E-state index contributed by atoms with van der Waals surface area (Å²) in [4.78, 5) is 2.48. The largest absolute Gasteiger partial charge is 0.297 e. The van der Waals surface area contributed by atoms with Gasteiger partial charge >= 0.3 is 0 Å². The molecule has 0 amide bonds. The first-order chi connectivity index (χ1) is 6.72. The molecule has 1 nitrogen and oxygen atoms in total.